The summed E-state index contributed by atoms with van der Waals surface area (Å²) >= 11 is 0. The fourth-order valence-corrected chi connectivity index (χ4v) is 0.494. The van der Waals surface area contributed by atoms with Gasteiger partial charge in [0.15, 0.2) is 0 Å². The Bertz CT molecular complexity index is 172. The van der Waals surface area contributed by atoms with Gasteiger partial charge in [-0.1, -0.05) is 11.6 Å². The van der Waals surface area contributed by atoms with Gasteiger partial charge in [0.25, 0.3) is 0 Å². The number of nitrogens with zero attached hydrogens (tertiary/aromatic N) is 1. The molecule has 0 aromatic heterocycles. The van der Waals surface area contributed by atoms with Gasteiger partial charge in [0.05, 0.1) is 0 Å². The largest absolute Gasteiger partial charge is 0.384 e. The monoisotopic (exact) mass is 138 g/mol. The molecule has 0 saturated heterocycles. The highest BCUT2D eigenvalue weighted by Gasteiger charge is 1.81. The second kappa shape index (κ2) is 4.79. The topological polar surface area (TPSA) is 38.4 Å². The van der Waals surface area contributed by atoms with Crippen molar-refractivity contribution < 1.29 is 0 Å². The minimum atomic E-state index is 0.554. The van der Waals surface area contributed by atoms with Crippen LogP contribution in [0, 0.1) is 0 Å². The molecule has 0 saturated carbocycles. The maximum atomic E-state index is 5.48. The van der Waals surface area contributed by atoms with Crippen molar-refractivity contribution in [3.05, 3.63) is 23.9 Å². The number of aliphatic imine (C=N–C) groups is 1. The normalized spacial score (nSPS) is 12.1. The summed E-state index contributed by atoms with van der Waals surface area (Å²) in [6, 6.07) is 0. The summed E-state index contributed by atoms with van der Waals surface area (Å²) in [4.78, 5) is 3.92. The van der Waals surface area contributed by atoms with E-state index in [1.807, 2.05) is 32.9 Å². The summed E-state index contributed by atoms with van der Waals surface area (Å²) in [6.45, 7) is 5.87. The Morgan fingerprint density at radius 3 is 2.40 bits per heavy atom. The lowest BCUT2D eigenvalue weighted by Crippen LogP contribution is -2.06. The quantitative estimate of drug-likeness (QED) is 0.459. The second-order valence-corrected chi connectivity index (χ2v) is 2.26. The van der Waals surface area contributed by atoms with E-state index in [2.05, 4.69) is 4.99 Å². The Hall–Kier alpha value is -1.05. The first kappa shape index (κ1) is 8.95. The third-order valence-corrected chi connectivity index (χ3v) is 0.809. The number of allylic oxidation sites excluding steroid dienone is 2. The van der Waals surface area contributed by atoms with Crippen LogP contribution in [0.5, 0.6) is 0 Å². The molecule has 10 heavy (non-hydrogen) atoms. The van der Waals surface area contributed by atoms with E-state index >= 15 is 0 Å². The third kappa shape index (κ3) is 5.09. The van der Waals surface area contributed by atoms with E-state index < -0.39 is 0 Å². The van der Waals surface area contributed by atoms with Crippen LogP contribution in [0.2, 0.25) is 0 Å². The van der Waals surface area contributed by atoms with Gasteiger partial charge in [-0.25, -0.2) is 4.99 Å². The fraction of sp³-hybridized carbons (Fsp3) is 0.375. The van der Waals surface area contributed by atoms with Gasteiger partial charge < -0.3 is 5.73 Å². The zero-order chi connectivity index (χ0) is 7.98. The summed E-state index contributed by atoms with van der Waals surface area (Å²) < 4.78 is 0. The Morgan fingerprint density at radius 2 is 2.00 bits per heavy atom. The van der Waals surface area contributed by atoms with E-state index in [-0.39, 0.29) is 0 Å². The zero-order valence-electron chi connectivity index (χ0n) is 6.76. The van der Waals surface area contributed by atoms with Gasteiger partial charge in [-0.15, -0.1) is 0 Å². The molecule has 0 unspecified atom stereocenters. The SMILES string of the molecule is C/C=C/N=C(N)C=C(C)C. The molecule has 0 amide bonds. The lowest BCUT2D eigenvalue weighted by atomic mass is 10.3. The standard InChI is InChI=1S/C8H14N2/c1-4-5-10-8(9)6-7(2)3/h4-6H,1-3H3,(H2,9,10)/b5-4+. The average Bonchev–Trinajstić information content (AvgIpc) is 1.82. The van der Waals surface area contributed by atoms with Crippen molar-refractivity contribution in [3.63, 3.8) is 0 Å². The first-order valence-corrected chi connectivity index (χ1v) is 3.26. The highest BCUT2D eigenvalue weighted by atomic mass is 14.8. The Labute approximate surface area is 62.1 Å². The molecule has 2 nitrogen and oxygen atoms in total. The molecular formula is C8H14N2. The summed E-state index contributed by atoms with van der Waals surface area (Å²) in [7, 11) is 0. The molecule has 2 N–H and O–H groups in total. The highest BCUT2D eigenvalue weighted by molar-refractivity contribution is 5.92. The minimum Gasteiger partial charge on any atom is -0.384 e. The number of nitrogens with two attached hydrogens (primary N) is 1. The number of hydrogen-bond acceptors (Lipinski definition) is 1. The van der Waals surface area contributed by atoms with Crippen molar-refractivity contribution >= 4 is 5.84 Å². The lowest BCUT2D eigenvalue weighted by molar-refractivity contribution is 1.38. The van der Waals surface area contributed by atoms with Crippen LogP contribution in [0.1, 0.15) is 20.8 Å². The second-order valence-electron chi connectivity index (χ2n) is 2.26. The Kier molecular flexibility index (Phi) is 4.29. The molecule has 0 spiro atoms. The van der Waals surface area contributed by atoms with Crippen LogP contribution in [0.25, 0.3) is 0 Å². The molecule has 0 aliphatic carbocycles. The van der Waals surface area contributed by atoms with E-state index in [1.54, 1.807) is 6.20 Å². The average molecular weight is 138 g/mol. The fourth-order valence-electron chi connectivity index (χ4n) is 0.494. The predicted octanol–water partition coefficient (Wildman–Crippen LogP) is 1.84. The van der Waals surface area contributed by atoms with Crippen LogP contribution in [-0.4, -0.2) is 5.84 Å². The summed E-state index contributed by atoms with van der Waals surface area (Å²) in [6.07, 6.45) is 5.35. The molecule has 0 heterocycles. The molecule has 0 aromatic rings. The predicted molar refractivity (Wildman–Crippen MR) is 45.9 cm³/mol. The molecule has 2 heteroatoms. The molecule has 0 aliphatic rings. The van der Waals surface area contributed by atoms with Crippen molar-refractivity contribution in [3.8, 4) is 0 Å². The number of hydrogen-bond donors (Lipinski definition) is 1. The van der Waals surface area contributed by atoms with Crippen molar-refractivity contribution in [1.29, 1.82) is 0 Å². The zero-order valence-corrected chi connectivity index (χ0v) is 6.76. The summed E-state index contributed by atoms with van der Waals surface area (Å²) in [5, 5.41) is 0. The van der Waals surface area contributed by atoms with Gasteiger partial charge >= 0.3 is 0 Å². The van der Waals surface area contributed by atoms with Gasteiger partial charge in [0, 0.05) is 6.20 Å². The van der Waals surface area contributed by atoms with Crippen molar-refractivity contribution in [2.24, 2.45) is 10.7 Å². The molecule has 0 bridgehead atoms. The summed E-state index contributed by atoms with van der Waals surface area (Å²) in [5.41, 5.74) is 6.64. The van der Waals surface area contributed by atoms with Crippen molar-refractivity contribution in [2.75, 3.05) is 0 Å². The van der Waals surface area contributed by atoms with Gasteiger partial charge in [0.2, 0.25) is 0 Å². The lowest BCUT2D eigenvalue weighted by Gasteiger charge is -1.89. The summed E-state index contributed by atoms with van der Waals surface area (Å²) in [5.74, 6) is 0.554. The first-order valence-electron chi connectivity index (χ1n) is 3.26. The van der Waals surface area contributed by atoms with E-state index in [9.17, 15) is 0 Å². The molecule has 0 aromatic carbocycles. The van der Waals surface area contributed by atoms with E-state index in [1.165, 1.54) is 0 Å². The smallest absolute Gasteiger partial charge is 0.123 e. The maximum absolute atomic E-state index is 5.48. The van der Waals surface area contributed by atoms with E-state index in [4.69, 9.17) is 5.73 Å². The molecule has 0 radical (unpaired) electrons. The molecule has 0 aliphatic heterocycles. The molecule has 0 fully saturated rings. The van der Waals surface area contributed by atoms with Crippen LogP contribution in [-0.2, 0) is 0 Å². The van der Waals surface area contributed by atoms with Gasteiger partial charge in [-0.3, -0.25) is 0 Å². The first-order chi connectivity index (χ1) is 4.66. The van der Waals surface area contributed by atoms with Crippen LogP contribution in [0.15, 0.2) is 28.9 Å². The van der Waals surface area contributed by atoms with Gasteiger partial charge in [-0.2, -0.15) is 0 Å². The number of rotatable bonds is 2. The van der Waals surface area contributed by atoms with Crippen LogP contribution >= 0.6 is 0 Å². The molecule has 0 rings (SSSR count). The Balaban J connectivity index is 4.08. The third-order valence-electron chi connectivity index (χ3n) is 0.809. The van der Waals surface area contributed by atoms with E-state index in [0.29, 0.717) is 5.84 Å². The van der Waals surface area contributed by atoms with Crippen LogP contribution in [0.4, 0.5) is 0 Å². The van der Waals surface area contributed by atoms with Crippen molar-refractivity contribution in [1.82, 2.24) is 0 Å². The van der Waals surface area contributed by atoms with Gasteiger partial charge in [-0.05, 0) is 26.8 Å². The molecule has 0 atom stereocenters. The Morgan fingerprint density at radius 1 is 1.40 bits per heavy atom. The van der Waals surface area contributed by atoms with Crippen LogP contribution in [0.3, 0.4) is 0 Å². The van der Waals surface area contributed by atoms with Gasteiger partial charge in [0.1, 0.15) is 5.84 Å². The molecule has 56 valence electrons. The van der Waals surface area contributed by atoms with Crippen LogP contribution < -0.4 is 5.73 Å². The number of amidine groups is 1. The van der Waals surface area contributed by atoms with E-state index in [0.717, 1.165) is 5.57 Å². The maximum Gasteiger partial charge on any atom is 0.123 e. The van der Waals surface area contributed by atoms with Crippen molar-refractivity contribution in [2.45, 2.75) is 20.8 Å². The minimum absolute atomic E-state index is 0.554. The molecular weight excluding hydrogens is 124 g/mol. The highest BCUT2D eigenvalue weighted by Crippen LogP contribution is 1.87.